The lowest BCUT2D eigenvalue weighted by Crippen LogP contribution is -2.45. The van der Waals surface area contributed by atoms with E-state index in [9.17, 15) is 17.2 Å². The van der Waals surface area contributed by atoms with Crippen molar-refractivity contribution in [3.05, 3.63) is 83.0 Å². The lowest BCUT2D eigenvalue weighted by Gasteiger charge is -2.32. The van der Waals surface area contributed by atoms with Crippen LogP contribution in [0.25, 0.3) is 27.6 Å². The number of fused-ring (bicyclic) bond motifs is 1. The molecule has 1 saturated heterocycles. The van der Waals surface area contributed by atoms with Gasteiger partial charge in [0.25, 0.3) is 0 Å². The van der Waals surface area contributed by atoms with E-state index in [0.717, 1.165) is 18.6 Å². The van der Waals surface area contributed by atoms with Crippen molar-refractivity contribution in [2.24, 2.45) is 0 Å². The molecule has 1 N–H and O–H groups in total. The average Bonchev–Trinajstić information content (AvgIpc) is 3.52. The van der Waals surface area contributed by atoms with Crippen molar-refractivity contribution in [1.82, 2.24) is 23.7 Å². The molecule has 0 bridgehead atoms. The van der Waals surface area contributed by atoms with E-state index in [4.69, 9.17) is 16.6 Å². The molecule has 2 aromatic carbocycles. The van der Waals surface area contributed by atoms with Gasteiger partial charge in [0.15, 0.2) is 16.6 Å². The largest absolute Gasteiger partial charge is 0.350 e. The molecule has 3 aromatic heterocycles. The van der Waals surface area contributed by atoms with E-state index >= 15 is 0 Å². The van der Waals surface area contributed by atoms with Crippen LogP contribution in [0.15, 0.2) is 71.2 Å². The highest BCUT2D eigenvalue weighted by molar-refractivity contribution is 7.89. The first-order valence-corrected chi connectivity index (χ1v) is 14.8. The third-order valence-electron chi connectivity index (χ3n) is 6.52. The molecule has 1 aliphatic heterocycles. The first-order chi connectivity index (χ1) is 18.8. The van der Waals surface area contributed by atoms with Crippen LogP contribution < -0.4 is 5.32 Å². The van der Waals surface area contributed by atoms with E-state index in [1.54, 1.807) is 24.4 Å². The Labute approximate surface area is 232 Å². The number of halogens is 3. The Kier molecular flexibility index (Phi) is 6.79. The minimum Gasteiger partial charge on any atom is -0.350 e. The first-order valence-electron chi connectivity index (χ1n) is 12.1. The summed E-state index contributed by atoms with van der Waals surface area (Å²) < 4.78 is 57.3. The number of nitrogens with one attached hydrogen (secondary N) is 1. The standard InChI is InChI=1S/C26H21ClF2N6O2S2/c27-17-4-6-19(7-5-17)39(36,37)34-11-1-2-18(15-34)31-25-30-10-9-22(32-25)24-23(33-26-35(24)12-13-38-26)16-3-8-20(28)21(29)14-16/h3-10,12-14,18H,1-2,11,15H2,(H,30,31,32)/t18-/m1/s1. The Hall–Kier alpha value is -3.45. The number of thiazole rings is 1. The van der Waals surface area contributed by atoms with E-state index in [0.29, 0.717) is 51.5 Å². The molecular weight excluding hydrogens is 566 g/mol. The molecule has 0 aliphatic carbocycles. The predicted molar refractivity (Wildman–Crippen MR) is 146 cm³/mol. The average molecular weight is 587 g/mol. The molecule has 1 fully saturated rings. The van der Waals surface area contributed by atoms with Gasteiger partial charge in [-0.05, 0) is 61.4 Å². The highest BCUT2D eigenvalue weighted by Gasteiger charge is 2.31. The van der Waals surface area contributed by atoms with Crippen LogP contribution >= 0.6 is 22.9 Å². The van der Waals surface area contributed by atoms with Crippen LogP contribution in [0.1, 0.15) is 12.8 Å². The summed E-state index contributed by atoms with van der Waals surface area (Å²) in [4.78, 5) is 14.5. The number of imidazole rings is 1. The predicted octanol–water partition coefficient (Wildman–Crippen LogP) is 5.72. The summed E-state index contributed by atoms with van der Waals surface area (Å²) in [6.07, 6.45) is 4.84. The number of benzene rings is 2. The summed E-state index contributed by atoms with van der Waals surface area (Å²) in [6.45, 7) is 0.660. The SMILES string of the molecule is O=S(=O)(c1ccc(Cl)cc1)N1CCC[C@@H](Nc2nccc(-c3c(-c4ccc(F)c(F)c4)nc4sccn34)n2)C1. The molecule has 13 heteroatoms. The van der Waals surface area contributed by atoms with Gasteiger partial charge in [0.2, 0.25) is 16.0 Å². The second kappa shape index (κ2) is 10.3. The first kappa shape index (κ1) is 25.8. The van der Waals surface area contributed by atoms with Gasteiger partial charge in [0, 0.05) is 47.5 Å². The number of hydrogen-bond acceptors (Lipinski definition) is 7. The Morgan fingerprint density at radius 3 is 2.67 bits per heavy atom. The summed E-state index contributed by atoms with van der Waals surface area (Å²) in [7, 11) is -3.68. The lowest BCUT2D eigenvalue weighted by molar-refractivity contribution is 0.326. The van der Waals surface area contributed by atoms with Crippen molar-refractivity contribution in [3.63, 3.8) is 0 Å². The number of hydrogen-bond donors (Lipinski definition) is 1. The molecule has 0 spiro atoms. The van der Waals surface area contributed by atoms with Gasteiger partial charge in [-0.2, -0.15) is 4.31 Å². The summed E-state index contributed by atoms with van der Waals surface area (Å²) in [5.74, 6) is -1.57. The molecule has 5 aromatic rings. The lowest BCUT2D eigenvalue weighted by atomic mass is 10.1. The maximum Gasteiger partial charge on any atom is 0.243 e. The quantitative estimate of drug-likeness (QED) is 0.274. The van der Waals surface area contributed by atoms with E-state index in [-0.39, 0.29) is 17.5 Å². The van der Waals surface area contributed by atoms with Crippen LogP contribution in [0.5, 0.6) is 0 Å². The van der Waals surface area contributed by atoms with Crippen molar-refractivity contribution in [2.45, 2.75) is 23.8 Å². The third-order valence-corrected chi connectivity index (χ3v) is 9.41. The van der Waals surface area contributed by atoms with Crippen LogP contribution in [0.3, 0.4) is 0 Å². The van der Waals surface area contributed by atoms with Crippen molar-refractivity contribution in [1.29, 1.82) is 0 Å². The van der Waals surface area contributed by atoms with Gasteiger partial charge in [-0.1, -0.05) is 11.6 Å². The Morgan fingerprint density at radius 2 is 1.87 bits per heavy atom. The molecular formula is C26H21ClF2N6O2S2. The van der Waals surface area contributed by atoms with Crippen molar-refractivity contribution in [3.8, 4) is 22.6 Å². The molecule has 6 rings (SSSR count). The Bertz CT molecular complexity index is 1780. The molecule has 8 nitrogen and oxygen atoms in total. The Morgan fingerprint density at radius 1 is 1.05 bits per heavy atom. The zero-order chi connectivity index (χ0) is 27.1. The van der Waals surface area contributed by atoms with E-state index < -0.39 is 21.7 Å². The number of aromatic nitrogens is 4. The molecule has 39 heavy (non-hydrogen) atoms. The smallest absolute Gasteiger partial charge is 0.243 e. The molecule has 1 aliphatic rings. The Balaban J connectivity index is 1.28. The molecule has 1 atom stereocenters. The fourth-order valence-electron chi connectivity index (χ4n) is 4.65. The number of sulfonamides is 1. The normalized spacial score (nSPS) is 16.5. The van der Waals surface area contributed by atoms with Crippen LogP contribution in [-0.4, -0.2) is 51.2 Å². The fourth-order valence-corrected chi connectivity index (χ4v) is 7.02. The highest BCUT2D eigenvalue weighted by Crippen LogP contribution is 2.34. The van der Waals surface area contributed by atoms with E-state index in [2.05, 4.69) is 15.3 Å². The summed E-state index contributed by atoms with van der Waals surface area (Å²) in [6, 6.07) is 11.3. The summed E-state index contributed by atoms with van der Waals surface area (Å²) in [5.41, 5.74) is 2.02. The van der Waals surface area contributed by atoms with Gasteiger partial charge in [-0.3, -0.25) is 4.40 Å². The van der Waals surface area contributed by atoms with Gasteiger partial charge >= 0.3 is 0 Å². The molecule has 0 unspecified atom stereocenters. The number of piperidine rings is 1. The maximum absolute atomic E-state index is 14.1. The molecule has 0 saturated carbocycles. The summed E-state index contributed by atoms with van der Waals surface area (Å²) in [5, 5.41) is 5.62. The zero-order valence-corrected chi connectivity index (χ0v) is 22.6. The van der Waals surface area contributed by atoms with Crippen molar-refractivity contribution < 1.29 is 17.2 Å². The molecule has 4 heterocycles. The second-order valence-electron chi connectivity index (χ2n) is 9.06. The van der Waals surface area contributed by atoms with Crippen molar-refractivity contribution in [2.75, 3.05) is 18.4 Å². The molecule has 0 radical (unpaired) electrons. The van der Waals surface area contributed by atoms with Gasteiger partial charge in [0.1, 0.15) is 5.69 Å². The number of anilines is 1. The summed E-state index contributed by atoms with van der Waals surface area (Å²) >= 11 is 7.33. The minimum absolute atomic E-state index is 0.191. The van der Waals surface area contributed by atoms with Crippen LogP contribution in [0.2, 0.25) is 5.02 Å². The number of nitrogens with zero attached hydrogens (tertiary/aromatic N) is 5. The number of rotatable bonds is 6. The maximum atomic E-state index is 14.1. The molecule has 0 amide bonds. The van der Waals surface area contributed by atoms with Crippen molar-refractivity contribution >= 4 is 43.9 Å². The van der Waals surface area contributed by atoms with Crippen LogP contribution in [-0.2, 0) is 10.0 Å². The monoisotopic (exact) mass is 586 g/mol. The topological polar surface area (TPSA) is 92.5 Å². The van der Waals surface area contributed by atoms with E-state index in [1.165, 1.54) is 33.8 Å². The highest BCUT2D eigenvalue weighted by atomic mass is 35.5. The third kappa shape index (κ3) is 5.00. The van der Waals surface area contributed by atoms with Gasteiger partial charge in [-0.25, -0.2) is 32.2 Å². The van der Waals surface area contributed by atoms with Crippen LogP contribution in [0.4, 0.5) is 14.7 Å². The van der Waals surface area contributed by atoms with Gasteiger partial charge in [0.05, 0.1) is 16.3 Å². The van der Waals surface area contributed by atoms with Gasteiger partial charge in [-0.15, -0.1) is 11.3 Å². The van der Waals surface area contributed by atoms with E-state index in [1.807, 2.05) is 16.0 Å². The zero-order valence-electron chi connectivity index (χ0n) is 20.3. The second-order valence-corrected chi connectivity index (χ2v) is 12.3. The minimum atomic E-state index is -3.68. The van der Waals surface area contributed by atoms with Crippen LogP contribution in [0, 0.1) is 11.6 Å². The fraction of sp³-hybridized carbons (Fsp3) is 0.192. The molecule has 200 valence electrons. The van der Waals surface area contributed by atoms with Gasteiger partial charge < -0.3 is 5.32 Å².